The number of carbonyl (C=O) groups excluding carboxylic acids is 1. The molecule has 1 aliphatic rings. The quantitative estimate of drug-likeness (QED) is 0.484. The number of rotatable bonds is 7. The molecule has 1 aromatic carbocycles. The van der Waals surface area contributed by atoms with E-state index in [1.807, 2.05) is 6.92 Å². The van der Waals surface area contributed by atoms with E-state index in [0.29, 0.717) is 30.6 Å². The maximum atomic E-state index is 13.1. The van der Waals surface area contributed by atoms with Gasteiger partial charge in [0.25, 0.3) is 0 Å². The average molecular weight is 398 g/mol. The number of benzene rings is 1. The minimum atomic E-state index is -0.329. The van der Waals surface area contributed by atoms with Crippen LogP contribution in [0, 0.1) is 5.82 Å². The molecule has 6 nitrogen and oxygen atoms in total. The summed E-state index contributed by atoms with van der Waals surface area (Å²) in [5.41, 5.74) is 0.889. The van der Waals surface area contributed by atoms with Crippen molar-refractivity contribution in [2.24, 2.45) is 4.99 Å². The first kappa shape index (κ1) is 21.4. The van der Waals surface area contributed by atoms with Crippen molar-refractivity contribution in [3.8, 4) is 0 Å². The standard InChI is InChI=1S/C19H29ClFN5O/c1-3-23-19(24-9-6-14-4-5-15(21)12-17(14)20)25-16-7-10-26(11-8-16)13-18(27)22-2/h4-5,12,16H,3,6-11,13H2,1-2H3,(H,22,27)(H2,23,24,25). The molecule has 1 amide bonds. The van der Waals surface area contributed by atoms with Crippen LogP contribution in [0.5, 0.6) is 0 Å². The molecule has 1 aliphatic heterocycles. The number of likely N-dealkylation sites (tertiary alicyclic amines) is 1. The second-order valence-electron chi connectivity index (χ2n) is 6.61. The number of carbonyl (C=O) groups is 1. The van der Waals surface area contributed by atoms with Crippen molar-refractivity contribution in [2.75, 3.05) is 39.8 Å². The second-order valence-corrected chi connectivity index (χ2v) is 7.02. The number of piperidine rings is 1. The molecule has 1 fully saturated rings. The number of hydrogen-bond donors (Lipinski definition) is 3. The fourth-order valence-corrected chi connectivity index (χ4v) is 3.31. The van der Waals surface area contributed by atoms with Crippen molar-refractivity contribution >= 4 is 23.5 Å². The monoisotopic (exact) mass is 397 g/mol. The number of guanidine groups is 1. The van der Waals surface area contributed by atoms with Gasteiger partial charge in [0.1, 0.15) is 5.82 Å². The van der Waals surface area contributed by atoms with Gasteiger partial charge in [-0.1, -0.05) is 17.7 Å². The lowest BCUT2D eigenvalue weighted by Crippen LogP contribution is -2.50. The Labute approximate surface area is 165 Å². The Kier molecular flexibility index (Phi) is 8.81. The van der Waals surface area contributed by atoms with Crippen molar-refractivity contribution in [2.45, 2.75) is 32.2 Å². The van der Waals surface area contributed by atoms with Gasteiger partial charge >= 0.3 is 0 Å². The van der Waals surface area contributed by atoms with Crippen LogP contribution in [0.3, 0.4) is 0 Å². The molecule has 0 aromatic heterocycles. The first-order chi connectivity index (χ1) is 13.0. The lowest BCUT2D eigenvalue weighted by Gasteiger charge is -2.32. The third-order valence-corrected chi connectivity index (χ3v) is 4.94. The zero-order chi connectivity index (χ0) is 19.6. The third-order valence-electron chi connectivity index (χ3n) is 4.58. The molecule has 2 rings (SSSR count). The molecular formula is C19H29ClFN5O. The minimum absolute atomic E-state index is 0.0516. The highest BCUT2D eigenvalue weighted by Gasteiger charge is 2.21. The van der Waals surface area contributed by atoms with Crippen LogP contribution < -0.4 is 16.0 Å². The highest BCUT2D eigenvalue weighted by Crippen LogP contribution is 2.17. The summed E-state index contributed by atoms with van der Waals surface area (Å²) in [7, 11) is 1.66. The van der Waals surface area contributed by atoms with Gasteiger partial charge in [0.05, 0.1) is 6.54 Å². The average Bonchev–Trinajstić information content (AvgIpc) is 2.65. The molecule has 1 saturated heterocycles. The molecule has 0 saturated carbocycles. The molecule has 0 aliphatic carbocycles. The second kappa shape index (κ2) is 11.1. The zero-order valence-electron chi connectivity index (χ0n) is 16.0. The normalized spacial score (nSPS) is 16.2. The molecule has 1 aromatic rings. The van der Waals surface area contributed by atoms with Crippen molar-refractivity contribution < 1.29 is 9.18 Å². The van der Waals surface area contributed by atoms with Crippen molar-refractivity contribution in [3.63, 3.8) is 0 Å². The predicted molar refractivity (Wildman–Crippen MR) is 108 cm³/mol. The summed E-state index contributed by atoms with van der Waals surface area (Å²) >= 11 is 6.07. The molecule has 1 heterocycles. The van der Waals surface area contributed by atoms with Crippen LogP contribution in [-0.2, 0) is 11.2 Å². The van der Waals surface area contributed by atoms with E-state index in [4.69, 9.17) is 11.6 Å². The minimum Gasteiger partial charge on any atom is -0.358 e. The van der Waals surface area contributed by atoms with Crippen LogP contribution in [0.15, 0.2) is 23.2 Å². The molecule has 0 bridgehead atoms. The number of halogens is 2. The molecule has 0 atom stereocenters. The van der Waals surface area contributed by atoms with Gasteiger partial charge in [0, 0.05) is 44.3 Å². The Hall–Kier alpha value is -1.86. The third kappa shape index (κ3) is 7.34. The highest BCUT2D eigenvalue weighted by atomic mass is 35.5. The SMILES string of the molecule is CCNC(=NCCc1ccc(F)cc1Cl)NC1CCN(CC(=O)NC)CC1. The van der Waals surface area contributed by atoms with E-state index in [1.54, 1.807) is 13.1 Å². The maximum absolute atomic E-state index is 13.1. The Bertz CT molecular complexity index is 647. The van der Waals surface area contributed by atoms with E-state index in [2.05, 4.69) is 25.8 Å². The maximum Gasteiger partial charge on any atom is 0.233 e. The molecule has 0 radical (unpaired) electrons. The summed E-state index contributed by atoms with van der Waals surface area (Å²) in [5.74, 6) is 0.501. The van der Waals surface area contributed by atoms with Gasteiger partial charge in [-0.15, -0.1) is 0 Å². The summed E-state index contributed by atoms with van der Waals surface area (Å²) < 4.78 is 13.1. The zero-order valence-corrected chi connectivity index (χ0v) is 16.8. The number of nitrogens with zero attached hydrogens (tertiary/aromatic N) is 2. The number of likely N-dealkylation sites (N-methyl/N-ethyl adjacent to an activating group) is 1. The lowest BCUT2D eigenvalue weighted by atomic mass is 10.1. The van der Waals surface area contributed by atoms with E-state index in [9.17, 15) is 9.18 Å². The van der Waals surface area contributed by atoms with Gasteiger partial charge in [-0.3, -0.25) is 14.7 Å². The van der Waals surface area contributed by atoms with E-state index in [-0.39, 0.29) is 11.7 Å². The van der Waals surface area contributed by atoms with Crippen LogP contribution in [0.1, 0.15) is 25.3 Å². The Balaban J connectivity index is 1.82. The number of hydrogen-bond acceptors (Lipinski definition) is 3. The van der Waals surface area contributed by atoms with Gasteiger partial charge in [0.2, 0.25) is 5.91 Å². The van der Waals surface area contributed by atoms with Gasteiger partial charge in [-0.25, -0.2) is 4.39 Å². The van der Waals surface area contributed by atoms with Gasteiger partial charge in [0.15, 0.2) is 5.96 Å². The van der Waals surface area contributed by atoms with Gasteiger partial charge < -0.3 is 16.0 Å². The number of aliphatic imine (C=N–C) groups is 1. The summed E-state index contributed by atoms with van der Waals surface area (Å²) in [4.78, 5) is 18.3. The summed E-state index contributed by atoms with van der Waals surface area (Å²) in [6, 6.07) is 4.78. The Morgan fingerprint density at radius 3 is 2.74 bits per heavy atom. The number of amides is 1. The van der Waals surface area contributed by atoms with Crippen molar-refractivity contribution in [1.29, 1.82) is 0 Å². The van der Waals surface area contributed by atoms with Crippen LogP contribution >= 0.6 is 11.6 Å². The van der Waals surface area contributed by atoms with Crippen LogP contribution in [-0.4, -0.2) is 62.6 Å². The summed E-state index contributed by atoms with van der Waals surface area (Å²) in [5, 5.41) is 9.83. The molecule has 150 valence electrons. The van der Waals surface area contributed by atoms with Crippen LogP contribution in [0.25, 0.3) is 0 Å². The molecule has 8 heteroatoms. The van der Waals surface area contributed by atoms with Gasteiger partial charge in [-0.05, 0) is 43.9 Å². The fourth-order valence-electron chi connectivity index (χ4n) is 3.04. The molecule has 0 unspecified atom stereocenters. The predicted octanol–water partition coefficient (Wildman–Crippen LogP) is 1.79. The van der Waals surface area contributed by atoms with Crippen LogP contribution in [0.4, 0.5) is 4.39 Å². The topological polar surface area (TPSA) is 68.8 Å². The molecule has 27 heavy (non-hydrogen) atoms. The van der Waals surface area contributed by atoms with E-state index < -0.39 is 0 Å². The molecule has 3 N–H and O–H groups in total. The highest BCUT2D eigenvalue weighted by molar-refractivity contribution is 6.31. The molecular weight excluding hydrogens is 369 g/mol. The largest absolute Gasteiger partial charge is 0.358 e. The molecule has 0 spiro atoms. The summed E-state index contributed by atoms with van der Waals surface area (Å²) in [6.07, 6.45) is 2.58. The Morgan fingerprint density at radius 2 is 2.11 bits per heavy atom. The van der Waals surface area contributed by atoms with E-state index in [0.717, 1.165) is 44.0 Å². The lowest BCUT2D eigenvalue weighted by molar-refractivity contribution is -0.122. The first-order valence-electron chi connectivity index (χ1n) is 9.43. The first-order valence-corrected chi connectivity index (χ1v) is 9.81. The van der Waals surface area contributed by atoms with Crippen molar-refractivity contribution in [3.05, 3.63) is 34.6 Å². The smallest absolute Gasteiger partial charge is 0.233 e. The van der Waals surface area contributed by atoms with Crippen molar-refractivity contribution in [1.82, 2.24) is 20.9 Å². The van der Waals surface area contributed by atoms with E-state index in [1.165, 1.54) is 12.1 Å². The fraction of sp³-hybridized carbons (Fsp3) is 0.579. The van der Waals surface area contributed by atoms with E-state index >= 15 is 0 Å². The van der Waals surface area contributed by atoms with Gasteiger partial charge in [-0.2, -0.15) is 0 Å². The van der Waals surface area contributed by atoms with Crippen LogP contribution in [0.2, 0.25) is 5.02 Å². The number of nitrogens with one attached hydrogen (secondary N) is 3. The summed E-state index contributed by atoms with van der Waals surface area (Å²) in [6.45, 7) is 5.59. The Morgan fingerprint density at radius 1 is 1.37 bits per heavy atom.